The fraction of sp³-hybridized carbons (Fsp3) is 0.800. The molecule has 23 heavy (non-hydrogen) atoms. The summed E-state index contributed by atoms with van der Waals surface area (Å²) in [5.41, 5.74) is -0.936. The number of hydrogen-bond donors (Lipinski definition) is 2. The molecule has 0 spiro atoms. The first-order valence-electron chi connectivity index (χ1n) is 7.67. The van der Waals surface area contributed by atoms with Crippen molar-refractivity contribution in [2.75, 3.05) is 40.9 Å². The molecule has 3 amide bonds. The van der Waals surface area contributed by atoms with Gasteiger partial charge in [-0.15, -0.1) is 0 Å². The molecule has 0 aromatic heterocycles. The van der Waals surface area contributed by atoms with Crippen LogP contribution >= 0.6 is 0 Å². The predicted molar refractivity (Wildman–Crippen MR) is 84.1 cm³/mol. The fourth-order valence-corrected chi connectivity index (χ4v) is 2.80. The van der Waals surface area contributed by atoms with Crippen LogP contribution in [0.5, 0.6) is 0 Å². The number of likely N-dealkylation sites (tertiary alicyclic amines) is 1. The number of hydrogen-bond acceptors (Lipinski definition) is 4. The van der Waals surface area contributed by atoms with E-state index in [1.807, 2.05) is 0 Å². The van der Waals surface area contributed by atoms with Crippen LogP contribution in [0.4, 0.5) is 4.79 Å². The minimum Gasteiger partial charge on any atom is -0.481 e. The van der Waals surface area contributed by atoms with Gasteiger partial charge < -0.3 is 25.0 Å². The molecule has 1 aliphatic rings. The molecule has 0 aromatic carbocycles. The smallest absolute Gasteiger partial charge is 0.319 e. The maximum atomic E-state index is 12.4. The van der Waals surface area contributed by atoms with Gasteiger partial charge in [-0.2, -0.15) is 0 Å². The molecule has 1 fully saturated rings. The third-order valence-electron chi connectivity index (χ3n) is 3.95. The summed E-state index contributed by atoms with van der Waals surface area (Å²) in [6, 6.07) is -0.0565. The molecule has 1 rings (SSSR count). The second-order valence-corrected chi connectivity index (χ2v) is 6.49. The molecule has 1 heterocycles. The molecule has 1 aliphatic heterocycles. The molecule has 0 aromatic rings. The zero-order valence-electron chi connectivity index (χ0n) is 14.3. The van der Waals surface area contributed by atoms with Gasteiger partial charge in [0.1, 0.15) is 0 Å². The maximum Gasteiger partial charge on any atom is 0.319 e. The first-order chi connectivity index (χ1) is 10.7. The molecule has 2 N–H and O–H groups in total. The molecule has 0 bridgehead atoms. The Labute approximate surface area is 136 Å². The van der Waals surface area contributed by atoms with Crippen molar-refractivity contribution in [1.82, 2.24) is 15.1 Å². The fourth-order valence-electron chi connectivity index (χ4n) is 2.80. The molecule has 8 nitrogen and oxygen atoms in total. The van der Waals surface area contributed by atoms with E-state index in [0.717, 1.165) is 0 Å². The number of carbonyl (C=O) groups is 3. The number of carboxylic acids is 1. The van der Waals surface area contributed by atoms with Crippen molar-refractivity contribution < 1.29 is 24.2 Å². The zero-order valence-corrected chi connectivity index (χ0v) is 14.3. The minimum atomic E-state index is -0.990. The van der Waals surface area contributed by atoms with Crippen LogP contribution in [0.3, 0.4) is 0 Å². The Morgan fingerprint density at radius 2 is 1.87 bits per heavy atom. The van der Waals surface area contributed by atoms with Crippen LogP contribution in [0, 0.1) is 5.92 Å². The van der Waals surface area contributed by atoms with E-state index in [1.165, 1.54) is 12.0 Å². The van der Waals surface area contributed by atoms with E-state index >= 15 is 0 Å². The number of nitrogens with one attached hydrogen (secondary N) is 1. The Morgan fingerprint density at radius 3 is 2.30 bits per heavy atom. The Hall–Kier alpha value is -1.83. The Balaban J connectivity index is 2.58. The number of piperidine rings is 1. The number of urea groups is 1. The monoisotopic (exact) mass is 329 g/mol. The first-order valence-corrected chi connectivity index (χ1v) is 7.67. The average Bonchev–Trinajstić information content (AvgIpc) is 2.45. The van der Waals surface area contributed by atoms with Crippen LogP contribution in [0.15, 0.2) is 0 Å². The van der Waals surface area contributed by atoms with Gasteiger partial charge >= 0.3 is 12.0 Å². The highest BCUT2D eigenvalue weighted by Crippen LogP contribution is 2.20. The molecule has 0 radical (unpaired) electrons. The van der Waals surface area contributed by atoms with Crippen molar-refractivity contribution in [1.29, 1.82) is 0 Å². The molecule has 8 heteroatoms. The molecule has 1 atom stereocenters. The van der Waals surface area contributed by atoms with Crippen LogP contribution in [0.2, 0.25) is 0 Å². The van der Waals surface area contributed by atoms with Crippen molar-refractivity contribution in [3.63, 3.8) is 0 Å². The van der Waals surface area contributed by atoms with Gasteiger partial charge in [0.05, 0.1) is 18.6 Å². The lowest BCUT2D eigenvalue weighted by atomic mass is 9.92. The molecule has 1 unspecified atom stereocenters. The number of rotatable bonds is 6. The second kappa shape index (κ2) is 8.14. The van der Waals surface area contributed by atoms with E-state index in [9.17, 15) is 14.4 Å². The molecule has 132 valence electrons. The van der Waals surface area contributed by atoms with Gasteiger partial charge in [0.15, 0.2) is 0 Å². The van der Waals surface area contributed by atoms with Gasteiger partial charge in [-0.3, -0.25) is 9.59 Å². The summed E-state index contributed by atoms with van der Waals surface area (Å²) < 4.78 is 5.03. The Morgan fingerprint density at radius 1 is 1.30 bits per heavy atom. The summed E-state index contributed by atoms with van der Waals surface area (Å²) in [5, 5.41) is 11.8. The van der Waals surface area contributed by atoms with E-state index in [-0.39, 0.29) is 30.9 Å². The van der Waals surface area contributed by atoms with Crippen molar-refractivity contribution in [2.24, 2.45) is 5.92 Å². The van der Waals surface area contributed by atoms with Crippen molar-refractivity contribution in [3.05, 3.63) is 0 Å². The quantitative estimate of drug-likeness (QED) is 0.734. The van der Waals surface area contributed by atoms with E-state index in [0.29, 0.717) is 25.9 Å². The SMILES string of the molecule is COCC(C)(CC(=O)O)NC(=O)C1CCN(C(=O)N(C)C)CC1. The van der Waals surface area contributed by atoms with Gasteiger partial charge in [-0.05, 0) is 19.8 Å². The lowest BCUT2D eigenvalue weighted by Crippen LogP contribution is -2.54. The topological polar surface area (TPSA) is 99.2 Å². The largest absolute Gasteiger partial charge is 0.481 e. The third-order valence-corrected chi connectivity index (χ3v) is 3.95. The molecule has 0 aliphatic carbocycles. The van der Waals surface area contributed by atoms with Crippen LogP contribution in [-0.2, 0) is 14.3 Å². The first kappa shape index (κ1) is 19.2. The van der Waals surface area contributed by atoms with E-state index in [2.05, 4.69) is 5.32 Å². The van der Waals surface area contributed by atoms with Crippen molar-refractivity contribution in [2.45, 2.75) is 31.7 Å². The highest BCUT2D eigenvalue weighted by molar-refractivity contribution is 5.81. The standard InChI is InChI=1S/C15H27N3O5/c1-15(10-23-4,9-12(19)20)16-13(21)11-5-7-18(8-6-11)14(22)17(2)3/h11H,5-10H2,1-4H3,(H,16,21)(H,19,20). The maximum absolute atomic E-state index is 12.4. The van der Waals surface area contributed by atoms with Gasteiger partial charge in [-0.25, -0.2) is 4.79 Å². The number of aliphatic carboxylic acids is 1. The highest BCUT2D eigenvalue weighted by Gasteiger charge is 2.34. The minimum absolute atomic E-state index is 0.0565. The summed E-state index contributed by atoms with van der Waals surface area (Å²) in [7, 11) is 4.87. The van der Waals surface area contributed by atoms with E-state index in [4.69, 9.17) is 9.84 Å². The van der Waals surface area contributed by atoms with E-state index < -0.39 is 11.5 Å². The lowest BCUT2D eigenvalue weighted by molar-refractivity contribution is -0.140. The third kappa shape index (κ3) is 5.70. The predicted octanol–water partition coefficient (Wildman–Crippen LogP) is 0.376. The summed E-state index contributed by atoms with van der Waals surface area (Å²) in [4.78, 5) is 38.5. The zero-order chi connectivity index (χ0) is 17.6. The summed E-state index contributed by atoms with van der Waals surface area (Å²) in [5.74, 6) is -1.38. The van der Waals surface area contributed by atoms with E-state index in [1.54, 1.807) is 25.9 Å². The van der Waals surface area contributed by atoms with Crippen molar-refractivity contribution >= 4 is 17.9 Å². The molecular formula is C15H27N3O5. The number of carboxylic acid groups (broad SMARTS) is 1. The lowest BCUT2D eigenvalue weighted by Gasteiger charge is -2.35. The van der Waals surface area contributed by atoms with Crippen LogP contribution < -0.4 is 5.32 Å². The average molecular weight is 329 g/mol. The Kier molecular flexibility index (Phi) is 6.80. The molecule has 0 saturated carbocycles. The molecular weight excluding hydrogens is 302 g/mol. The second-order valence-electron chi connectivity index (χ2n) is 6.49. The number of carbonyl (C=O) groups excluding carboxylic acids is 2. The summed E-state index contributed by atoms with van der Waals surface area (Å²) in [6.07, 6.45) is 0.938. The number of nitrogens with zero attached hydrogens (tertiary/aromatic N) is 2. The highest BCUT2D eigenvalue weighted by atomic mass is 16.5. The van der Waals surface area contributed by atoms with Crippen LogP contribution in [0.25, 0.3) is 0 Å². The summed E-state index contributed by atoms with van der Waals surface area (Å²) >= 11 is 0. The number of ether oxygens (including phenoxy) is 1. The number of amides is 3. The van der Waals surface area contributed by atoms with Gasteiger partial charge in [0.25, 0.3) is 0 Å². The van der Waals surface area contributed by atoms with Crippen molar-refractivity contribution in [3.8, 4) is 0 Å². The normalized spacial score (nSPS) is 18.2. The summed E-state index contributed by atoms with van der Waals surface area (Å²) in [6.45, 7) is 2.83. The van der Waals surface area contributed by atoms with Gasteiger partial charge in [-0.1, -0.05) is 0 Å². The molecule has 1 saturated heterocycles. The van der Waals surface area contributed by atoms with Crippen LogP contribution in [-0.4, -0.2) is 79.3 Å². The Bertz CT molecular complexity index is 446. The van der Waals surface area contributed by atoms with Crippen LogP contribution in [0.1, 0.15) is 26.2 Å². The van der Waals surface area contributed by atoms with Gasteiger partial charge in [0.2, 0.25) is 5.91 Å². The number of methoxy groups -OCH3 is 1. The van der Waals surface area contributed by atoms with Gasteiger partial charge in [0, 0.05) is 40.2 Å².